The SMILES string of the molecule is O=c1[nH]c(=O)n(-c2ccccc2Cl)c(O)c1/C=N/N1CCCCC1c1cccnc1. The summed E-state index contributed by atoms with van der Waals surface area (Å²) in [5, 5.41) is 17.3. The number of aromatic amines is 1. The van der Waals surface area contributed by atoms with E-state index in [1.54, 1.807) is 36.7 Å². The highest BCUT2D eigenvalue weighted by atomic mass is 35.5. The number of hydrogen-bond donors (Lipinski definition) is 2. The normalized spacial score (nSPS) is 16.8. The molecule has 0 bridgehead atoms. The Morgan fingerprint density at radius 1 is 1.20 bits per heavy atom. The molecular weight excluding hydrogens is 406 g/mol. The van der Waals surface area contributed by atoms with Crippen molar-refractivity contribution in [3.8, 4) is 11.6 Å². The average Bonchev–Trinajstić information content (AvgIpc) is 2.75. The van der Waals surface area contributed by atoms with Crippen molar-refractivity contribution >= 4 is 17.8 Å². The van der Waals surface area contributed by atoms with Crippen molar-refractivity contribution in [3.05, 3.63) is 85.8 Å². The Hall–Kier alpha value is -3.39. The van der Waals surface area contributed by atoms with Crippen molar-refractivity contribution in [1.82, 2.24) is 19.5 Å². The third-order valence-corrected chi connectivity index (χ3v) is 5.41. The summed E-state index contributed by atoms with van der Waals surface area (Å²) < 4.78 is 0.958. The fourth-order valence-electron chi connectivity index (χ4n) is 3.61. The molecule has 0 aliphatic carbocycles. The molecule has 9 heteroatoms. The van der Waals surface area contributed by atoms with Gasteiger partial charge in [0.1, 0.15) is 5.56 Å². The minimum absolute atomic E-state index is 0.0272. The number of pyridine rings is 1. The molecule has 1 aromatic carbocycles. The van der Waals surface area contributed by atoms with Crippen LogP contribution < -0.4 is 11.2 Å². The second kappa shape index (κ2) is 8.54. The zero-order chi connectivity index (χ0) is 21.1. The highest BCUT2D eigenvalue weighted by molar-refractivity contribution is 6.32. The minimum atomic E-state index is -0.783. The van der Waals surface area contributed by atoms with Gasteiger partial charge in [-0.3, -0.25) is 19.8 Å². The summed E-state index contributed by atoms with van der Waals surface area (Å²) in [6.07, 6.45) is 7.75. The smallest absolute Gasteiger partial charge is 0.335 e. The summed E-state index contributed by atoms with van der Waals surface area (Å²) in [4.78, 5) is 31.1. The Morgan fingerprint density at radius 2 is 2.03 bits per heavy atom. The van der Waals surface area contributed by atoms with Gasteiger partial charge in [-0.15, -0.1) is 0 Å². The van der Waals surface area contributed by atoms with Gasteiger partial charge in [0.25, 0.3) is 5.56 Å². The molecule has 0 spiro atoms. The first-order valence-corrected chi connectivity index (χ1v) is 9.98. The van der Waals surface area contributed by atoms with Gasteiger partial charge in [-0.05, 0) is 43.0 Å². The number of nitrogens with one attached hydrogen (secondary N) is 1. The van der Waals surface area contributed by atoms with Crippen molar-refractivity contribution in [2.45, 2.75) is 25.3 Å². The first kappa shape index (κ1) is 19.9. The number of benzene rings is 1. The lowest BCUT2D eigenvalue weighted by Gasteiger charge is -2.33. The van der Waals surface area contributed by atoms with Gasteiger partial charge in [0.05, 0.1) is 23.0 Å². The molecule has 2 N–H and O–H groups in total. The molecule has 4 rings (SSSR count). The fourth-order valence-corrected chi connectivity index (χ4v) is 3.83. The lowest BCUT2D eigenvalue weighted by Crippen LogP contribution is -2.32. The molecule has 30 heavy (non-hydrogen) atoms. The molecular formula is C21H20ClN5O3. The van der Waals surface area contributed by atoms with Crippen molar-refractivity contribution in [3.63, 3.8) is 0 Å². The first-order chi connectivity index (χ1) is 14.6. The average molecular weight is 426 g/mol. The van der Waals surface area contributed by atoms with Gasteiger partial charge in [-0.2, -0.15) is 5.10 Å². The standard InChI is InChI=1S/C21H20ClN5O3/c22-16-7-1-2-9-18(16)27-20(29)15(19(28)25-21(27)30)13-24-26-11-4-3-8-17(26)14-6-5-10-23-12-14/h1-2,5-7,9-10,12-13,17,29H,3-4,8,11H2,(H,25,28,30)/b24-13+. The number of rotatable bonds is 4. The van der Waals surface area contributed by atoms with E-state index in [1.807, 2.05) is 17.1 Å². The van der Waals surface area contributed by atoms with E-state index in [0.29, 0.717) is 6.54 Å². The van der Waals surface area contributed by atoms with Gasteiger partial charge < -0.3 is 5.11 Å². The van der Waals surface area contributed by atoms with Gasteiger partial charge in [-0.25, -0.2) is 9.36 Å². The van der Waals surface area contributed by atoms with E-state index in [0.717, 1.165) is 29.4 Å². The molecule has 1 atom stereocenters. The van der Waals surface area contributed by atoms with Crippen molar-refractivity contribution < 1.29 is 5.11 Å². The second-order valence-corrected chi connectivity index (χ2v) is 7.40. The van der Waals surface area contributed by atoms with E-state index in [2.05, 4.69) is 15.1 Å². The van der Waals surface area contributed by atoms with Gasteiger partial charge in [0.15, 0.2) is 0 Å². The molecule has 8 nitrogen and oxygen atoms in total. The number of nitrogens with zero attached hydrogens (tertiary/aromatic N) is 4. The number of piperidine rings is 1. The van der Waals surface area contributed by atoms with Crippen LogP contribution in [0, 0.1) is 0 Å². The summed E-state index contributed by atoms with van der Waals surface area (Å²) in [6, 6.07) is 10.4. The van der Waals surface area contributed by atoms with E-state index in [9.17, 15) is 14.7 Å². The maximum Gasteiger partial charge on any atom is 0.335 e. The number of aromatic nitrogens is 3. The Morgan fingerprint density at radius 3 is 2.80 bits per heavy atom. The molecule has 1 aliphatic rings. The number of halogens is 1. The van der Waals surface area contributed by atoms with E-state index < -0.39 is 17.1 Å². The monoisotopic (exact) mass is 425 g/mol. The lowest BCUT2D eigenvalue weighted by atomic mass is 9.98. The highest BCUT2D eigenvalue weighted by Gasteiger charge is 2.23. The van der Waals surface area contributed by atoms with Crippen LogP contribution in [0.15, 0.2) is 63.5 Å². The molecule has 1 fully saturated rings. The number of H-pyrrole nitrogens is 1. The third kappa shape index (κ3) is 3.86. The number of hydrazone groups is 1. The van der Waals surface area contributed by atoms with Crippen molar-refractivity contribution in [2.75, 3.05) is 6.54 Å². The van der Waals surface area contributed by atoms with E-state index >= 15 is 0 Å². The maximum absolute atomic E-state index is 12.4. The summed E-state index contributed by atoms with van der Waals surface area (Å²) in [7, 11) is 0. The van der Waals surface area contributed by atoms with Crippen LogP contribution in [0.1, 0.15) is 36.4 Å². The first-order valence-electron chi connectivity index (χ1n) is 9.60. The lowest BCUT2D eigenvalue weighted by molar-refractivity contribution is 0.156. The topological polar surface area (TPSA) is 104 Å². The Labute approximate surface area is 177 Å². The molecule has 0 saturated carbocycles. The zero-order valence-corrected chi connectivity index (χ0v) is 16.8. The number of para-hydroxylation sites is 1. The third-order valence-electron chi connectivity index (χ3n) is 5.09. The second-order valence-electron chi connectivity index (χ2n) is 6.99. The van der Waals surface area contributed by atoms with Gasteiger partial charge in [0.2, 0.25) is 5.88 Å². The van der Waals surface area contributed by atoms with Crippen LogP contribution in [0.25, 0.3) is 5.69 Å². The van der Waals surface area contributed by atoms with Crippen molar-refractivity contribution in [2.24, 2.45) is 5.10 Å². The van der Waals surface area contributed by atoms with Crippen molar-refractivity contribution in [1.29, 1.82) is 0 Å². The molecule has 2 aromatic heterocycles. The van der Waals surface area contributed by atoms with Gasteiger partial charge >= 0.3 is 5.69 Å². The van der Waals surface area contributed by atoms with Crippen LogP contribution in [0.3, 0.4) is 0 Å². The minimum Gasteiger partial charge on any atom is -0.493 e. The zero-order valence-electron chi connectivity index (χ0n) is 16.0. The molecule has 0 radical (unpaired) electrons. The van der Waals surface area contributed by atoms with Crippen LogP contribution in [0.2, 0.25) is 5.02 Å². The maximum atomic E-state index is 12.4. The van der Waals surface area contributed by atoms with Crippen LogP contribution in [-0.4, -0.2) is 37.4 Å². The fraction of sp³-hybridized carbons (Fsp3) is 0.238. The van der Waals surface area contributed by atoms with Crippen LogP contribution in [0.4, 0.5) is 0 Å². The Kier molecular flexibility index (Phi) is 5.67. The van der Waals surface area contributed by atoms with Gasteiger partial charge in [-0.1, -0.05) is 29.8 Å². The van der Waals surface area contributed by atoms with Gasteiger partial charge in [0, 0.05) is 18.9 Å². The quantitative estimate of drug-likeness (QED) is 0.625. The Bertz CT molecular complexity index is 1190. The van der Waals surface area contributed by atoms with Crippen LogP contribution in [-0.2, 0) is 0 Å². The number of hydrogen-bond acceptors (Lipinski definition) is 6. The summed E-state index contributed by atoms with van der Waals surface area (Å²) in [5.74, 6) is -0.518. The van der Waals surface area contributed by atoms with E-state index in [-0.39, 0.29) is 22.3 Å². The Balaban J connectivity index is 1.73. The molecule has 1 aliphatic heterocycles. The largest absolute Gasteiger partial charge is 0.493 e. The summed E-state index contributed by atoms with van der Waals surface area (Å²) >= 11 is 6.17. The molecule has 0 amide bonds. The molecule has 154 valence electrons. The van der Waals surface area contributed by atoms with E-state index in [4.69, 9.17) is 11.6 Å². The predicted molar refractivity (Wildman–Crippen MR) is 114 cm³/mol. The predicted octanol–water partition coefficient (Wildman–Crippen LogP) is 2.84. The van der Waals surface area contributed by atoms with E-state index in [1.165, 1.54) is 6.21 Å². The van der Waals surface area contributed by atoms with Crippen LogP contribution in [0.5, 0.6) is 5.88 Å². The highest BCUT2D eigenvalue weighted by Crippen LogP contribution is 2.30. The molecule has 1 saturated heterocycles. The molecule has 1 unspecified atom stereocenters. The summed E-state index contributed by atoms with van der Waals surface area (Å²) in [5.41, 5.74) is -0.328. The molecule has 3 aromatic rings. The molecule has 3 heterocycles. The summed E-state index contributed by atoms with van der Waals surface area (Å²) in [6.45, 7) is 0.707. The van der Waals surface area contributed by atoms with Crippen LogP contribution >= 0.6 is 11.6 Å². The number of aromatic hydroxyl groups is 1.